The van der Waals surface area contributed by atoms with Gasteiger partial charge in [0.2, 0.25) is 0 Å². The Bertz CT molecular complexity index is 354. The Hall–Kier alpha value is -0.470. The van der Waals surface area contributed by atoms with Crippen LogP contribution in [0, 0.1) is 12.3 Å². The van der Waals surface area contributed by atoms with Crippen LogP contribution in [0.2, 0.25) is 0 Å². The Kier molecular flexibility index (Phi) is 6.24. The maximum Gasteiger partial charge on any atom is 0.0133 e. The second kappa shape index (κ2) is 7.20. The molecular formula is C16H27NS. The Labute approximate surface area is 117 Å². The van der Waals surface area contributed by atoms with Crippen LogP contribution in [0.3, 0.4) is 0 Å². The Morgan fingerprint density at radius 1 is 1.22 bits per heavy atom. The van der Waals surface area contributed by atoms with Crippen molar-refractivity contribution in [3.05, 3.63) is 29.8 Å². The fourth-order valence-electron chi connectivity index (χ4n) is 1.89. The molecule has 2 heteroatoms. The molecule has 0 saturated heterocycles. The zero-order valence-electron chi connectivity index (χ0n) is 12.2. The quantitative estimate of drug-likeness (QED) is 0.759. The molecule has 2 N–H and O–H groups in total. The van der Waals surface area contributed by atoms with Gasteiger partial charge in [0.1, 0.15) is 0 Å². The summed E-state index contributed by atoms with van der Waals surface area (Å²) < 4.78 is 0. The molecule has 0 aliphatic carbocycles. The summed E-state index contributed by atoms with van der Waals surface area (Å²) in [6.45, 7) is 9.04. The largest absolute Gasteiger partial charge is 0.327 e. The maximum atomic E-state index is 6.18. The summed E-state index contributed by atoms with van der Waals surface area (Å²) >= 11 is 1.89. The highest BCUT2D eigenvalue weighted by Crippen LogP contribution is 2.25. The van der Waals surface area contributed by atoms with Crippen molar-refractivity contribution in [2.75, 3.05) is 5.75 Å². The summed E-state index contributed by atoms with van der Waals surface area (Å²) in [7, 11) is 0. The first-order valence-corrected chi connectivity index (χ1v) is 7.81. The molecule has 0 aliphatic heterocycles. The Morgan fingerprint density at radius 2 is 1.89 bits per heavy atom. The molecule has 0 aliphatic rings. The molecule has 0 radical (unpaired) electrons. The molecule has 0 fully saturated rings. The lowest BCUT2D eigenvalue weighted by Gasteiger charge is -2.19. The highest BCUT2D eigenvalue weighted by atomic mass is 32.2. The van der Waals surface area contributed by atoms with Gasteiger partial charge in [-0.15, -0.1) is 11.8 Å². The van der Waals surface area contributed by atoms with E-state index >= 15 is 0 Å². The number of thioether (sulfide) groups is 1. The Morgan fingerprint density at radius 3 is 2.50 bits per heavy atom. The van der Waals surface area contributed by atoms with E-state index in [1.54, 1.807) is 0 Å². The second-order valence-corrected chi connectivity index (χ2v) is 7.35. The normalized spacial score (nSPS) is 13.6. The van der Waals surface area contributed by atoms with Crippen LogP contribution in [0.25, 0.3) is 0 Å². The van der Waals surface area contributed by atoms with Gasteiger partial charge in [-0.2, -0.15) is 0 Å². The van der Waals surface area contributed by atoms with Crippen LogP contribution in [0.5, 0.6) is 0 Å². The fraction of sp³-hybridized carbons (Fsp3) is 0.625. The lowest BCUT2D eigenvalue weighted by molar-refractivity contribution is 0.355. The van der Waals surface area contributed by atoms with Crippen LogP contribution in [0.1, 0.15) is 45.6 Å². The third-order valence-electron chi connectivity index (χ3n) is 3.05. The standard InChI is InChI=1S/C16H27NS/c1-13-8-5-6-10-15(13)18-12-14(17)9-7-11-16(2,3)4/h5-6,8,10,14H,7,9,11-12,17H2,1-4H3. The first-order valence-electron chi connectivity index (χ1n) is 6.82. The first-order chi connectivity index (χ1) is 8.38. The van der Waals surface area contributed by atoms with Gasteiger partial charge >= 0.3 is 0 Å². The van der Waals surface area contributed by atoms with E-state index in [1.165, 1.54) is 23.3 Å². The van der Waals surface area contributed by atoms with Crippen molar-refractivity contribution in [1.82, 2.24) is 0 Å². The molecule has 1 aromatic carbocycles. The molecule has 1 rings (SSSR count). The Balaban J connectivity index is 2.25. The summed E-state index contributed by atoms with van der Waals surface area (Å²) in [6.07, 6.45) is 3.63. The number of rotatable bonds is 6. The minimum absolute atomic E-state index is 0.317. The summed E-state index contributed by atoms with van der Waals surface area (Å²) in [4.78, 5) is 1.36. The number of benzene rings is 1. The van der Waals surface area contributed by atoms with Crippen molar-refractivity contribution >= 4 is 11.8 Å². The predicted octanol–water partition coefficient (Wildman–Crippen LogP) is 4.63. The van der Waals surface area contributed by atoms with E-state index in [4.69, 9.17) is 5.73 Å². The van der Waals surface area contributed by atoms with E-state index in [-0.39, 0.29) is 0 Å². The van der Waals surface area contributed by atoms with E-state index in [1.807, 2.05) is 11.8 Å². The van der Waals surface area contributed by atoms with Crippen LogP contribution in [0.4, 0.5) is 0 Å². The van der Waals surface area contributed by atoms with Gasteiger partial charge in [-0.1, -0.05) is 45.4 Å². The van der Waals surface area contributed by atoms with Gasteiger partial charge in [-0.3, -0.25) is 0 Å². The summed E-state index contributed by atoms with van der Waals surface area (Å²) in [5.41, 5.74) is 7.96. The van der Waals surface area contributed by atoms with Crippen LogP contribution in [0.15, 0.2) is 29.2 Å². The molecule has 0 spiro atoms. The molecule has 0 saturated carbocycles. The summed E-state index contributed by atoms with van der Waals surface area (Å²) in [6, 6.07) is 8.84. The van der Waals surface area contributed by atoms with Crippen LogP contribution in [-0.4, -0.2) is 11.8 Å². The molecule has 0 bridgehead atoms. The van der Waals surface area contributed by atoms with Crippen LogP contribution in [-0.2, 0) is 0 Å². The summed E-state index contributed by atoms with van der Waals surface area (Å²) in [5, 5.41) is 0. The lowest BCUT2D eigenvalue weighted by Crippen LogP contribution is -2.23. The SMILES string of the molecule is Cc1ccccc1SCC(N)CCCC(C)(C)C. The highest BCUT2D eigenvalue weighted by Gasteiger charge is 2.11. The zero-order chi connectivity index (χ0) is 13.6. The minimum Gasteiger partial charge on any atom is -0.327 e. The maximum absolute atomic E-state index is 6.18. The minimum atomic E-state index is 0.317. The molecule has 1 atom stereocenters. The van der Waals surface area contributed by atoms with Crippen molar-refractivity contribution in [3.63, 3.8) is 0 Å². The second-order valence-electron chi connectivity index (χ2n) is 6.29. The molecule has 18 heavy (non-hydrogen) atoms. The van der Waals surface area contributed by atoms with Gasteiger partial charge in [0.15, 0.2) is 0 Å². The van der Waals surface area contributed by atoms with Gasteiger partial charge in [0.25, 0.3) is 0 Å². The lowest BCUT2D eigenvalue weighted by atomic mass is 9.89. The van der Waals surface area contributed by atoms with E-state index in [2.05, 4.69) is 52.0 Å². The molecule has 0 aromatic heterocycles. The number of hydrogen-bond donors (Lipinski definition) is 1. The van der Waals surface area contributed by atoms with Gasteiger partial charge in [0.05, 0.1) is 0 Å². The van der Waals surface area contributed by atoms with Crippen molar-refractivity contribution < 1.29 is 0 Å². The van der Waals surface area contributed by atoms with E-state index < -0.39 is 0 Å². The van der Waals surface area contributed by atoms with Gasteiger partial charge in [-0.25, -0.2) is 0 Å². The van der Waals surface area contributed by atoms with Crippen molar-refractivity contribution in [2.45, 2.75) is 57.9 Å². The average molecular weight is 265 g/mol. The third kappa shape index (κ3) is 6.46. The van der Waals surface area contributed by atoms with E-state index in [9.17, 15) is 0 Å². The number of nitrogens with two attached hydrogens (primary N) is 1. The fourth-order valence-corrected chi connectivity index (χ4v) is 2.92. The third-order valence-corrected chi connectivity index (χ3v) is 4.41. The van der Waals surface area contributed by atoms with Crippen molar-refractivity contribution in [3.8, 4) is 0 Å². The molecule has 0 heterocycles. The highest BCUT2D eigenvalue weighted by molar-refractivity contribution is 7.99. The van der Waals surface area contributed by atoms with Crippen LogP contribution < -0.4 is 5.73 Å². The number of hydrogen-bond acceptors (Lipinski definition) is 2. The van der Waals surface area contributed by atoms with Crippen molar-refractivity contribution in [1.29, 1.82) is 0 Å². The molecule has 102 valence electrons. The van der Waals surface area contributed by atoms with Gasteiger partial charge < -0.3 is 5.73 Å². The van der Waals surface area contributed by atoms with E-state index in [0.717, 1.165) is 12.2 Å². The molecule has 1 nitrogen and oxygen atoms in total. The smallest absolute Gasteiger partial charge is 0.0133 e. The first kappa shape index (κ1) is 15.6. The van der Waals surface area contributed by atoms with E-state index in [0.29, 0.717) is 11.5 Å². The van der Waals surface area contributed by atoms with Gasteiger partial charge in [-0.05, 0) is 36.8 Å². The molecule has 1 unspecified atom stereocenters. The molecular weight excluding hydrogens is 238 g/mol. The zero-order valence-corrected chi connectivity index (χ0v) is 13.0. The molecule has 0 amide bonds. The monoisotopic (exact) mass is 265 g/mol. The summed E-state index contributed by atoms with van der Waals surface area (Å²) in [5.74, 6) is 1.02. The van der Waals surface area contributed by atoms with Crippen molar-refractivity contribution in [2.24, 2.45) is 11.1 Å². The predicted molar refractivity (Wildman–Crippen MR) is 83.2 cm³/mol. The van der Waals surface area contributed by atoms with Crippen LogP contribution >= 0.6 is 11.8 Å². The van der Waals surface area contributed by atoms with Gasteiger partial charge in [0, 0.05) is 16.7 Å². The number of aryl methyl sites for hydroxylation is 1. The molecule has 1 aromatic rings. The average Bonchev–Trinajstić information content (AvgIpc) is 2.26. The topological polar surface area (TPSA) is 26.0 Å².